The Hall–Kier alpha value is -3.16. The van der Waals surface area contributed by atoms with Crippen LogP contribution in [0.1, 0.15) is 15.9 Å². The average Bonchev–Trinajstić information content (AvgIpc) is 2.48. The number of aromatic nitrogens is 2. The molecule has 21 heavy (non-hydrogen) atoms. The van der Waals surface area contributed by atoms with Crippen LogP contribution in [0.5, 0.6) is 11.5 Å². The monoisotopic (exact) mass is 288 g/mol. The van der Waals surface area contributed by atoms with E-state index in [2.05, 4.69) is 20.5 Å². The van der Waals surface area contributed by atoms with Crippen molar-refractivity contribution in [3.05, 3.63) is 52.2 Å². The molecule has 0 saturated heterocycles. The van der Waals surface area contributed by atoms with Gasteiger partial charge in [0.05, 0.1) is 19.7 Å². The molecule has 3 N–H and O–H groups in total. The Balaban J connectivity index is 2.13. The number of para-hydroxylation sites is 1. The minimum Gasteiger partial charge on any atom is -0.504 e. The molecule has 0 saturated carbocycles. The molecule has 2 rings (SSSR count). The first kappa shape index (κ1) is 14.3. The van der Waals surface area contributed by atoms with Crippen molar-refractivity contribution in [3.8, 4) is 11.5 Å². The van der Waals surface area contributed by atoms with E-state index in [9.17, 15) is 14.7 Å². The topological polar surface area (TPSA) is 117 Å². The number of phenols is 1. The lowest BCUT2D eigenvalue weighted by Gasteiger charge is -2.05. The molecular formula is C13H12N4O4. The number of hydrogen-bond donors (Lipinski definition) is 3. The minimum absolute atomic E-state index is 0.0449. The van der Waals surface area contributed by atoms with Crippen LogP contribution in [0.25, 0.3) is 0 Å². The van der Waals surface area contributed by atoms with Crippen LogP contribution in [0.15, 0.2) is 40.6 Å². The van der Waals surface area contributed by atoms with Gasteiger partial charge >= 0.3 is 0 Å². The highest BCUT2D eigenvalue weighted by Crippen LogP contribution is 2.28. The summed E-state index contributed by atoms with van der Waals surface area (Å²) in [6, 6.07) is 4.71. The molecule has 1 aromatic carbocycles. The molecule has 0 fully saturated rings. The number of carbonyl (C=O) groups is 1. The number of rotatable bonds is 4. The number of aromatic hydroxyl groups is 1. The van der Waals surface area contributed by atoms with Crippen molar-refractivity contribution in [1.82, 2.24) is 15.4 Å². The zero-order valence-corrected chi connectivity index (χ0v) is 11.0. The van der Waals surface area contributed by atoms with E-state index in [4.69, 9.17) is 4.74 Å². The van der Waals surface area contributed by atoms with Gasteiger partial charge < -0.3 is 14.8 Å². The summed E-state index contributed by atoms with van der Waals surface area (Å²) < 4.78 is 5.02. The zero-order valence-electron chi connectivity index (χ0n) is 11.0. The summed E-state index contributed by atoms with van der Waals surface area (Å²) in [5.41, 5.74) is 1.95. The molecule has 0 atom stereocenters. The maximum absolute atomic E-state index is 11.7. The molecule has 8 heteroatoms. The van der Waals surface area contributed by atoms with E-state index in [1.165, 1.54) is 25.7 Å². The lowest BCUT2D eigenvalue weighted by molar-refractivity contribution is 0.0953. The quantitative estimate of drug-likeness (QED) is 0.550. The molecule has 0 bridgehead atoms. The number of amides is 1. The number of nitrogens with one attached hydrogen (secondary N) is 2. The van der Waals surface area contributed by atoms with Gasteiger partial charge in [-0.1, -0.05) is 6.07 Å². The van der Waals surface area contributed by atoms with Gasteiger partial charge in [-0.25, -0.2) is 10.4 Å². The molecule has 0 aliphatic rings. The largest absolute Gasteiger partial charge is 0.504 e. The van der Waals surface area contributed by atoms with E-state index in [0.717, 1.165) is 6.20 Å². The molecule has 8 nitrogen and oxygen atoms in total. The molecule has 0 unspecified atom stereocenters. The number of ether oxygens (including phenoxy) is 1. The molecule has 1 heterocycles. The van der Waals surface area contributed by atoms with E-state index < -0.39 is 11.5 Å². The normalized spacial score (nSPS) is 10.5. The molecule has 2 aromatic rings. The van der Waals surface area contributed by atoms with Crippen molar-refractivity contribution in [2.24, 2.45) is 5.10 Å². The molecule has 0 spiro atoms. The van der Waals surface area contributed by atoms with Crippen LogP contribution in [-0.4, -0.2) is 34.3 Å². The van der Waals surface area contributed by atoms with Crippen molar-refractivity contribution in [1.29, 1.82) is 0 Å². The SMILES string of the molecule is COc1c(O)cccc1C=NNC(=O)c1cnc[nH]c1=O. The zero-order chi connectivity index (χ0) is 15.2. The number of H-pyrrole nitrogens is 1. The highest BCUT2D eigenvalue weighted by molar-refractivity contribution is 5.94. The van der Waals surface area contributed by atoms with E-state index >= 15 is 0 Å². The molecular weight excluding hydrogens is 276 g/mol. The molecule has 1 amide bonds. The molecule has 0 radical (unpaired) electrons. The summed E-state index contributed by atoms with van der Waals surface area (Å²) in [6.07, 6.45) is 3.61. The van der Waals surface area contributed by atoms with Crippen LogP contribution in [0.4, 0.5) is 0 Å². The van der Waals surface area contributed by atoms with Gasteiger partial charge in [0.25, 0.3) is 11.5 Å². The van der Waals surface area contributed by atoms with E-state index in [1.54, 1.807) is 12.1 Å². The number of nitrogens with zero attached hydrogens (tertiary/aromatic N) is 2. The fourth-order valence-electron chi connectivity index (χ4n) is 1.59. The molecule has 0 aliphatic heterocycles. The Bertz CT molecular complexity index is 739. The average molecular weight is 288 g/mol. The standard InChI is InChI=1S/C13H12N4O4/c1-21-11-8(3-2-4-10(11)18)5-16-17-13(20)9-6-14-7-15-12(9)19/h2-7,18H,1H3,(H,17,20)(H,14,15,19). The molecule has 0 aliphatic carbocycles. The minimum atomic E-state index is -0.695. The molecule has 1 aromatic heterocycles. The Labute approximate surface area is 119 Å². The van der Waals surface area contributed by atoms with Crippen LogP contribution >= 0.6 is 0 Å². The lowest BCUT2D eigenvalue weighted by atomic mass is 10.2. The Morgan fingerprint density at radius 1 is 1.52 bits per heavy atom. The van der Waals surface area contributed by atoms with Gasteiger partial charge in [0.2, 0.25) is 0 Å². The smallest absolute Gasteiger partial charge is 0.278 e. The van der Waals surface area contributed by atoms with E-state index in [0.29, 0.717) is 5.56 Å². The summed E-state index contributed by atoms with van der Waals surface area (Å²) in [6.45, 7) is 0. The summed E-state index contributed by atoms with van der Waals surface area (Å²) in [4.78, 5) is 29.0. The van der Waals surface area contributed by atoms with Gasteiger partial charge in [-0.05, 0) is 12.1 Å². The number of aromatic amines is 1. The molecule has 108 valence electrons. The second-order valence-electron chi connectivity index (χ2n) is 3.89. The number of methoxy groups -OCH3 is 1. The third-order valence-corrected chi connectivity index (χ3v) is 2.56. The predicted octanol–water partition coefficient (Wildman–Crippen LogP) is 0.248. The number of carbonyl (C=O) groups excluding carboxylic acids is 1. The highest BCUT2D eigenvalue weighted by Gasteiger charge is 2.09. The van der Waals surface area contributed by atoms with Crippen LogP contribution < -0.4 is 15.7 Å². The van der Waals surface area contributed by atoms with Gasteiger partial charge in [0.1, 0.15) is 5.56 Å². The first-order chi connectivity index (χ1) is 10.1. The first-order valence-corrected chi connectivity index (χ1v) is 5.85. The number of phenolic OH excluding ortho intramolecular Hbond substituents is 1. The Morgan fingerprint density at radius 2 is 2.33 bits per heavy atom. The third kappa shape index (κ3) is 3.24. The van der Waals surface area contributed by atoms with Gasteiger partial charge in [-0.2, -0.15) is 5.10 Å². The second-order valence-corrected chi connectivity index (χ2v) is 3.89. The summed E-state index contributed by atoms with van der Waals surface area (Å²) in [5, 5.41) is 13.3. The van der Waals surface area contributed by atoms with Crippen LogP contribution in [0.2, 0.25) is 0 Å². The first-order valence-electron chi connectivity index (χ1n) is 5.85. The lowest BCUT2D eigenvalue weighted by Crippen LogP contribution is -2.26. The fraction of sp³-hybridized carbons (Fsp3) is 0.0769. The van der Waals surface area contributed by atoms with Gasteiger partial charge in [0, 0.05) is 11.8 Å². The van der Waals surface area contributed by atoms with Gasteiger partial charge in [-0.15, -0.1) is 0 Å². The second kappa shape index (κ2) is 6.33. The van der Waals surface area contributed by atoms with Gasteiger partial charge in [-0.3, -0.25) is 9.59 Å². The van der Waals surface area contributed by atoms with E-state index in [1.807, 2.05) is 0 Å². The van der Waals surface area contributed by atoms with Crippen LogP contribution in [0, 0.1) is 0 Å². The van der Waals surface area contributed by atoms with Crippen molar-refractivity contribution in [2.45, 2.75) is 0 Å². The van der Waals surface area contributed by atoms with Crippen molar-refractivity contribution >= 4 is 12.1 Å². The maximum atomic E-state index is 11.7. The van der Waals surface area contributed by atoms with Gasteiger partial charge in [0.15, 0.2) is 11.5 Å². The van der Waals surface area contributed by atoms with Crippen LogP contribution in [0.3, 0.4) is 0 Å². The Morgan fingerprint density at radius 3 is 3.05 bits per heavy atom. The third-order valence-electron chi connectivity index (χ3n) is 2.56. The number of hydrazone groups is 1. The van der Waals surface area contributed by atoms with Crippen LogP contribution in [-0.2, 0) is 0 Å². The van der Waals surface area contributed by atoms with Crippen molar-refractivity contribution in [3.63, 3.8) is 0 Å². The summed E-state index contributed by atoms with van der Waals surface area (Å²) in [5.74, 6) is -0.508. The highest BCUT2D eigenvalue weighted by atomic mass is 16.5. The predicted molar refractivity (Wildman–Crippen MR) is 74.6 cm³/mol. The maximum Gasteiger partial charge on any atom is 0.278 e. The number of hydrogen-bond acceptors (Lipinski definition) is 6. The van der Waals surface area contributed by atoms with Crippen molar-refractivity contribution in [2.75, 3.05) is 7.11 Å². The summed E-state index contributed by atoms with van der Waals surface area (Å²) in [7, 11) is 1.40. The van der Waals surface area contributed by atoms with Crippen molar-refractivity contribution < 1.29 is 14.6 Å². The number of benzene rings is 1. The summed E-state index contributed by atoms with van der Waals surface area (Å²) >= 11 is 0. The fourth-order valence-corrected chi connectivity index (χ4v) is 1.59. The van der Waals surface area contributed by atoms with E-state index in [-0.39, 0.29) is 17.1 Å². The Kier molecular flexibility index (Phi) is 4.30.